The van der Waals surface area contributed by atoms with Crippen LogP contribution in [0.5, 0.6) is 0 Å². The Hall–Kier alpha value is -0.680. The molecule has 0 radical (unpaired) electrons. The topological polar surface area (TPSA) is 49.6 Å². The third-order valence-electron chi connectivity index (χ3n) is 3.76. The molecule has 1 unspecified atom stereocenters. The van der Waals surface area contributed by atoms with Gasteiger partial charge in [-0.3, -0.25) is 9.69 Å². The van der Waals surface area contributed by atoms with E-state index in [-0.39, 0.29) is 11.9 Å². The fraction of sp³-hybridized carbons (Fsp3) is 0.857. The zero-order valence-corrected chi connectivity index (χ0v) is 13.2. The zero-order valence-electron chi connectivity index (χ0n) is 12.4. The van der Waals surface area contributed by atoms with Crippen molar-refractivity contribution in [2.24, 2.45) is 11.7 Å². The average molecular weight is 285 g/mol. The molecule has 0 aromatic rings. The van der Waals surface area contributed by atoms with Gasteiger partial charge in [0.2, 0.25) is 5.91 Å². The van der Waals surface area contributed by atoms with Gasteiger partial charge in [-0.15, -0.1) is 0 Å². The summed E-state index contributed by atoms with van der Waals surface area (Å²) in [4.78, 5) is 16.9. The number of nitrogens with two attached hydrogens (primary N) is 1. The first-order chi connectivity index (χ1) is 8.95. The molecule has 1 aliphatic heterocycles. The lowest BCUT2D eigenvalue weighted by molar-refractivity contribution is -0.133. The van der Waals surface area contributed by atoms with Crippen molar-refractivity contribution in [2.75, 3.05) is 26.2 Å². The minimum Gasteiger partial charge on any atom is -0.392 e. The summed E-state index contributed by atoms with van der Waals surface area (Å²) in [5.74, 6) is 0.876. The van der Waals surface area contributed by atoms with E-state index in [9.17, 15) is 4.79 Å². The van der Waals surface area contributed by atoms with E-state index < -0.39 is 0 Å². The molecule has 0 saturated carbocycles. The molecule has 0 spiro atoms. The second-order valence-electron chi connectivity index (χ2n) is 5.68. The summed E-state index contributed by atoms with van der Waals surface area (Å²) in [5, 5.41) is 0. The SMILES string of the molecule is CCC(C(N)=S)N1CCN(C(=O)CCC(C)C)CC1. The van der Waals surface area contributed by atoms with Crippen LogP contribution >= 0.6 is 12.2 Å². The molecule has 5 heteroatoms. The van der Waals surface area contributed by atoms with Crippen LogP contribution in [0.15, 0.2) is 0 Å². The Morgan fingerprint density at radius 2 is 1.84 bits per heavy atom. The van der Waals surface area contributed by atoms with Crippen LogP contribution in [-0.4, -0.2) is 52.9 Å². The minimum atomic E-state index is 0.183. The number of carbonyl (C=O) groups excluding carboxylic acids is 1. The number of hydrogen-bond donors (Lipinski definition) is 1. The molecule has 4 nitrogen and oxygen atoms in total. The number of amides is 1. The van der Waals surface area contributed by atoms with Gasteiger partial charge in [0.05, 0.1) is 11.0 Å². The maximum atomic E-state index is 12.0. The van der Waals surface area contributed by atoms with E-state index in [0.29, 0.717) is 17.3 Å². The number of hydrogen-bond acceptors (Lipinski definition) is 3. The van der Waals surface area contributed by atoms with Crippen molar-refractivity contribution in [1.82, 2.24) is 9.80 Å². The van der Waals surface area contributed by atoms with E-state index in [4.69, 9.17) is 18.0 Å². The summed E-state index contributed by atoms with van der Waals surface area (Å²) >= 11 is 5.10. The van der Waals surface area contributed by atoms with Crippen LogP contribution in [0.3, 0.4) is 0 Å². The molecule has 0 aromatic carbocycles. The second-order valence-corrected chi connectivity index (χ2v) is 6.15. The highest BCUT2D eigenvalue weighted by molar-refractivity contribution is 7.80. The molecule has 0 aromatic heterocycles. The van der Waals surface area contributed by atoms with E-state index >= 15 is 0 Å². The zero-order chi connectivity index (χ0) is 14.4. The van der Waals surface area contributed by atoms with Crippen LogP contribution in [0.2, 0.25) is 0 Å². The van der Waals surface area contributed by atoms with Crippen molar-refractivity contribution in [1.29, 1.82) is 0 Å². The van der Waals surface area contributed by atoms with Gasteiger partial charge in [0.15, 0.2) is 0 Å². The van der Waals surface area contributed by atoms with E-state index in [0.717, 1.165) is 39.0 Å². The molecule has 1 saturated heterocycles. The van der Waals surface area contributed by atoms with Crippen LogP contribution in [0.25, 0.3) is 0 Å². The van der Waals surface area contributed by atoms with Crippen molar-refractivity contribution < 1.29 is 4.79 Å². The van der Waals surface area contributed by atoms with Crippen LogP contribution < -0.4 is 5.73 Å². The van der Waals surface area contributed by atoms with Crippen molar-refractivity contribution in [3.05, 3.63) is 0 Å². The van der Waals surface area contributed by atoms with Crippen LogP contribution in [0, 0.1) is 5.92 Å². The highest BCUT2D eigenvalue weighted by Gasteiger charge is 2.26. The first-order valence-electron chi connectivity index (χ1n) is 7.26. The lowest BCUT2D eigenvalue weighted by atomic mass is 10.1. The van der Waals surface area contributed by atoms with Gasteiger partial charge in [-0.2, -0.15) is 0 Å². The van der Waals surface area contributed by atoms with Gasteiger partial charge in [0.1, 0.15) is 0 Å². The summed E-state index contributed by atoms with van der Waals surface area (Å²) in [7, 11) is 0. The summed E-state index contributed by atoms with van der Waals surface area (Å²) < 4.78 is 0. The second kappa shape index (κ2) is 7.80. The van der Waals surface area contributed by atoms with Crippen molar-refractivity contribution in [3.8, 4) is 0 Å². The fourth-order valence-corrected chi connectivity index (χ4v) is 2.81. The molecule has 1 atom stereocenters. The quantitative estimate of drug-likeness (QED) is 0.754. The maximum Gasteiger partial charge on any atom is 0.222 e. The highest BCUT2D eigenvalue weighted by Crippen LogP contribution is 2.12. The summed E-state index contributed by atoms with van der Waals surface area (Å²) in [6.45, 7) is 9.76. The molecular weight excluding hydrogens is 258 g/mol. The first-order valence-corrected chi connectivity index (χ1v) is 7.67. The van der Waals surface area contributed by atoms with Gasteiger partial charge < -0.3 is 10.6 Å². The van der Waals surface area contributed by atoms with Crippen molar-refractivity contribution in [2.45, 2.75) is 46.1 Å². The van der Waals surface area contributed by atoms with Gasteiger partial charge in [-0.25, -0.2) is 0 Å². The number of nitrogens with zero attached hydrogens (tertiary/aromatic N) is 2. The molecule has 1 fully saturated rings. The Morgan fingerprint density at radius 3 is 2.26 bits per heavy atom. The van der Waals surface area contributed by atoms with Gasteiger partial charge in [0, 0.05) is 32.6 Å². The Balaban J connectivity index is 2.40. The minimum absolute atomic E-state index is 0.183. The predicted octanol–water partition coefficient (Wildman–Crippen LogP) is 1.63. The molecule has 2 N–H and O–H groups in total. The summed E-state index contributed by atoms with van der Waals surface area (Å²) in [6, 6.07) is 0.183. The lowest BCUT2D eigenvalue weighted by Crippen LogP contribution is -2.54. The normalized spacial score (nSPS) is 18.6. The molecule has 1 amide bonds. The molecule has 1 heterocycles. The van der Waals surface area contributed by atoms with Gasteiger partial charge in [-0.05, 0) is 18.8 Å². The molecular formula is C14H27N3OS. The Labute approximate surface area is 122 Å². The summed E-state index contributed by atoms with van der Waals surface area (Å²) in [5.41, 5.74) is 5.76. The Kier molecular flexibility index (Phi) is 6.72. The summed E-state index contributed by atoms with van der Waals surface area (Å²) in [6.07, 6.45) is 2.59. The third-order valence-corrected chi connectivity index (χ3v) is 4.03. The Bertz CT molecular complexity index is 312. The molecule has 0 aliphatic carbocycles. The molecule has 1 aliphatic rings. The average Bonchev–Trinajstić information content (AvgIpc) is 2.37. The highest BCUT2D eigenvalue weighted by atomic mass is 32.1. The third kappa shape index (κ3) is 5.07. The van der Waals surface area contributed by atoms with Gasteiger partial charge in [0.25, 0.3) is 0 Å². The smallest absolute Gasteiger partial charge is 0.222 e. The van der Waals surface area contributed by atoms with E-state index in [1.807, 2.05) is 4.90 Å². The molecule has 0 bridgehead atoms. The monoisotopic (exact) mass is 285 g/mol. The molecule has 1 rings (SSSR count). The standard InChI is InChI=1S/C14H27N3OS/c1-4-12(14(15)19)16-7-9-17(10-8-16)13(18)6-5-11(2)3/h11-12H,4-10H2,1-3H3,(H2,15,19). The first kappa shape index (κ1) is 16.4. The largest absolute Gasteiger partial charge is 0.392 e. The fourth-order valence-electron chi connectivity index (χ4n) is 2.49. The van der Waals surface area contributed by atoms with E-state index in [2.05, 4.69) is 25.7 Å². The van der Waals surface area contributed by atoms with Gasteiger partial charge in [-0.1, -0.05) is 33.0 Å². The number of piperazine rings is 1. The van der Waals surface area contributed by atoms with E-state index in [1.165, 1.54) is 0 Å². The number of carbonyl (C=O) groups is 1. The van der Waals surface area contributed by atoms with Crippen molar-refractivity contribution in [3.63, 3.8) is 0 Å². The lowest BCUT2D eigenvalue weighted by Gasteiger charge is -2.38. The van der Waals surface area contributed by atoms with Gasteiger partial charge >= 0.3 is 0 Å². The predicted molar refractivity (Wildman–Crippen MR) is 83.1 cm³/mol. The Morgan fingerprint density at radius 1 is 1.26 bits per heavy atom. The molecule has 19 heavy (non-hydrogen) atoms. The number of thiocarbonyl (C=S) groups is 1. The van der Waals surface area contributed by atoms with E-state index in [1.54, 1.807) is 0 Å². The van der Waals surface area contributed by atoms with Crippen LogP contribution in [0.4, 0.5) is 0 Å². The number of rotatable bonds is 6. The van der Waals surface area contributed by atoms with Crippen LogP contribution in [-0.2, 0) is 4.79 Å². The van der Waals surface area contributed by atoms with Crippen LogP contribution in [0.1, 0.15) is 40.0 Å². The van der Waals surface area contributed by atoms with Crippen molar-refractivity contribution >= 4 is 23.1 Å². The molecule has 110 valence electrons. The maximum absolute atomic E-state index is 12.0.